The summed E-state index contributed by atoms with van der Waals surface area (Å²) in [7, 11) is 0. The first kappa shape index (κ1) is 19.4. The van der Waals surface area contributed by atoms with Gasteiger partial charge in [-0.15, -0.1) is 0 Å². The molecule has 1 fully saturated rings. The Labute approximate surface area is 149 Å². The number of aliphatic carboxylic acids is 1. The Morgan fingerprint density at radius 2 is 1.80 bits per heavy atom. The number of piperidine rings is 1. The predicted octanol–water partition coefficient (Wildman–Crippen LogP) is 2.11. The molecule has 1 aromatic rings. The molecule has 1 amide bonds. The molecular weight excluding hydrogens is 318 g/mol. The number of anilines is 1. The molecule has 0 unspecified atom stereocenters. The lowest BCUT2D eigenvalue weighted by Crippen LogP contribution is -2.48. The first-order valence-corrected chi connectivity index (χ1v) is 8.93. The van der Waals surface area contributed by atoms with E-state index in [9.17, 15) is 9.59 Å². The van der Waals surface area contributed by atoms with Gasteiger partial charge in [0.25, 0.3) is 0 Å². The van der Waals surface area contributed by atoms with E-state index in [1.807, 2.05) is 37.8 Å². The van der Waals surface area contributed by atoms with Crippen LogP contribution in [0.3, 0.4) is 0 Å². The van der Waals surface area contributed by atoms with Crippen molar-refractivity contribution in [2.24, 2.45) is 0 Å². The number of carbonyl (C=O) groups is 2. The minimum atomic E-state index is -0.780. The highest BCUT2D eigenvalue weighted by atomic mass is 16.4. The Morgan fingerprint density at radius 3 is 2.32 bits per heavy atom. The fraction of sp³-hybridized carbons (Fsp3) is 0.579. The third-order valence-corrected chi connectivity index (χ3v) is 4.69. The van der Waals surface area contributed by atoms with Gasteiger partial charge in [0.2, 0.25) is 5.91 Å². The molecule has 0 atom stereocenters. The SMILES string of the molecule is CCN(CC(=O)O)C1CCN(CC(=O)Nc2cc(C)cc(C)c2)CC1. The maximum atomic E-state index is 12.3. The third kappa shape index (κ3) is 6.14. The average Bonchev–Trinajstić information content (AvgIpc) is 2.52. The van der Waals surface area contributed by atoms with E-state index in [1.54, 1.807) is 0 Å². The summed E-state index contributed by atoms with van der Waals surface area (Å²) in [6.45, 7) is 8.88. The molecule has 1 aromatic carbocycles. The molecule has 0 aliphatic carbocycles. The summed E-state index contributed by atoms with van der Waals surface area (Å²) in [4.78, 5) is 27.4. The number of likely N-dealkylation sites (tertiary alicyclic amines) is 1. The quantitative estimate of drug-likeness (QED) is 0.790. The molecule has 6 nitrogen and oxygen atoms in total. The van der Waals surface area contributed by atoms with Crippen molar-refractivity contribution in [3.63, 3.8) is 0 Å². The van der Waals surface area contributed by atoms with E-state index >= 15 is 0 Å². The van der Waals surface area contributed by atoms with Crippen molar-refractivity contribution in [3.05, 3.63) is 29.3 Å². The number of likely N-dealkylation sites (N-methyl/N-ethyl adjacent to an activating group) is 1. The molecular formula is C19H29N3O3. The first-order valence-electron chi connectivity index (χ1n) is 8.93. The van der Waals surface area contributed by atoms with Crippen LogP contribution >= 0.6 is 0 Å². The number of carboxylic acids is 1. The van der Waals surface area contributed by atoms with Gasteiger partial charge in [0.1, 0.15) is 0 Å². The molecule has 138 valence electrons. The van der Waals surface area contributed by atoms with Crippen molar-refractivity contribution < 1.29 is 14.7 Å². The summed E-state index contributed by atoms with van der Waals surface area (Å²) < 4.78 is 0. The lowest BCUT2D eigenvalue weighted by atomic mass is 10.0. The Balaban J connectivity index is 1.81. The second-order valence-electron chi connectivity index (χ2n) is 6.89. The first-order chi connectivity index (χ1) is 11.9. The van der Waals surface area contributed by atoms with Crippen LogP contribution in [-0.4, -0.2) is 65.5 Å². The fourth-order valence-corrected chi connectivity index (χ4v) is 3.57. The number of amides is 1. The molecule has 0 saturated carbocycles. The molecule has 0 radical (unpaired) electrons. The van der Waals surface area contributed by atoms with Crippen LogP contribution in [0.15, 0.2) is 18.2 Å². The van der Waals surface area contributed by atoms with Gasteiger partial charge in [-0.05, 0) is 56.5 Å². The van der Waals surface area contributed by atoms with Gasteiger partial charge >= 0.3 is 5.97 Å². The molecule has 6 heteroatoms. The summed E-state index contributed by atoms with van der Waals surface area (Å²) in [6, 6.07) is 6.32. The van der Waals surface area contributed by atoms with Crippen molar-refractivity contribution >= 4 is 17.6 Å². The Hall–Kier alpha value is -1.92. The van der Waals surface area contributed by atoms with Crippen LogP contribution in [0.4, 0.5) is 5.69 Å². The summed E-state index contributed by atoms with van der Waals surface area (Å²) >= 11 is 0. The van der Waals surface area contributed by atoms with E-state index in [-0.39, 0.29) is 12.5 Å². The van der Waals surface area contributed by atoms with Gasteiger partial charge in [-0.1, -0.05) is 13.0 Å². The standard InChI is InChI=1S/C19H29N3O3/c1-4-22(13-19(24)25)17-5-7-21(8-6-17)12-18(23)20-16-10-14(2)9-15(3)11-16/h9-11,17H,4-8,12-13H2,1-3H3,(H,20,23)(H,24,25). The van der Waals surface area contributed by atoms with E-state index in [2.05, 4.69) is 16.3 Å². The van der Waals surface area contributed by atoms with E-state index < -0.39 is 5.97 Å². The van der Waals surface area contributed by atoms with Gasteiger partial charge in [-0.2, -0.15) is 0 Å². The van der Waals surface area contributed by atoms with E-state index in [0.717, 1.165) is 49.3 Å². The van der Waals surface area contributed by atoms with Gasteiger partial charge in [0.15, 0.2) is 0 Å². The van der Waals surface area contributed by atoms with Crippen molar-refractivity contribution in [2.75, 3.05) is 38.0 Å². The number of hydrogen-bond donors (Lipinski definition) is 2. The lowest BCUT2D eigenvalue weighted by molar-refractivity contribution is -0.139. The number of aryl methyl sites for hydroxylation is 2. The Morgan fingerprint density at radius 1 is 1.20 bits per heavy atom. The van der Waals surface area contributed by atoms with E-state index in [4.69, 9.17) is 5.11 Å². The molecule has 1 aliphatic heterocycles. The number of nitrogens with zero attached hydrogens (tertiary/aromatic N) is 2. The third-order valence-electron chi connectivity index (χ3n) is 4.69. The van der Waals surface area contributed by atoms with Crippen LogP contribution in [0, 0.1) is 13.8 Å². The number of carbonyl (C=O) groups excluding carboxylic acids is 1. The van der Waals surface area contributed by atoms with Gasteiger partial charge in [0.05, 0.1) is 13.1 Å². The second-order valence-corrected chi connectivity index (χ2v) is 6.89. The molecule has 2 rings (SSSR count). The second kappa shape index (κ2) is 8.97. The normalized spacial score (nSPS) is 16.2. The van der Waals surface area contributed by atoms with Gasteiger partial charge < -0.3 is 10.4 Å². The van der Waals surface area contributed by atoms with Crippen LogP contribution in [0.25, 0.3) is 0 Å². The molecule has 2 N–H and O–H groups in total. The van der Waals surface area contributed by atoms with Crippen molar-refractivity contribution in [2.45, 2.75) is 39.7 Å². The monoisotopic (exact) mass is 347 g/mol. The number of carboxylic acid groups (broad SMARTS) is 1. The summed E-state index contributed by atoms with van der Waals surface area (Å²) in [6.07, 6.45) is 1.80. The zero-order chi connectivity index (χ0) is 18.4. The zero-order valence-corrected chi connectivity index (χ0v) is 15.4. The maximum Gasteiger partial charge on any atom is 0.317 e. The van der Waals surface area contributed by atoms with Crippen LogP contribution in [0.2, 0.25) is 0 Å². The number of nitrogens with one attached hydrogen (secondary N) is 1. The van der Waals surface area contributed by atoms with Gasteiger partial charge in [0, 0.05) is 24.8 Å². The predicted molar refractivity (Wildman–Crippen MR) is 98.9 cm³/mol. The highest BCUT2D eigenvalue weighted by molar-refractivity contribution is 5.92. The lowest BCUT2D eigenvalue weighted by Gasteiger charge is -2.37. The highest BCUT2D eigenvalue weighted by Crippen LogP contribution is 2.17. The fourth-order valence-electron chi connectivity index (χ4n) is 3.57. The maximum absolute atomic E-state index is 12.3. The molecule has 1 heterocycles. The number of hydrogen-bond acceptors (Lipinski definition) is 4. The van der Waals surface area contributed by atoms with Crippen molar-refractivity contribution in [1.82, 2.24) is 9.80 Å². The molecule has 25 heavy (non-hydrogen) atoms. The zero-order valence-electron chi connectivity index (χ0n) is 15.4. The Kier molecular flexibility index (Phi) is 6.96. The minimum Gasteiger partial charge on any atom is -0.480 e. The minimum absolute atomic E-state index is 0.00123. The molecule has 1 aliphatic rings. The molecule has 0 aromatic heterocycles. The van der Waals surface area contributed by atoms with Crippen molar-refractivity contribution in [1.29, 1.82) is 0 Å². The average molecular weight is 347 g/mol. The largest absolute Gasteiger partial charge is 0.480 e. The number of benzene rings is 1. The summed E-state index contributed by atoms with van der Waals surface area (Å²) in [5.41, 5.74) is 3.11. The summed E-state index contributed by atoms with van der Waals surface area (Å²) in [5.74, 6) is -0.779. The topological polar surface area (TPSA) is 72.9 Å². The smallest absolute Gasteiger partial charge is 0.317 e. The van der Waals surface area contributed by atoms with E-state index in [1.165, 1.54) is 0 Å². The van der Waals surface area contributed by atoms with Crippen molar-refractivity contribution in [3.8, 4) is 0 Å². The highest BCUT2D eigenvalue weighted by Gasteiger charge is 2.25. The molecule has 1 saturated heterocycles. The van der Waals surface area contributed by atoms with Crippen LogP contribution in [0.1, 0.15) is 30.9 Å². The molecule has 0 spiro atoms. The number of rotatable bonds is 7. The van der Waals surface area contributed by atoms with Crippen LogP contribution in [0.5, 0.6) is 0 Å². The van der Waals surface area contributed by atoms with E-state index in [0.29, 0.717) is 12.6 Å². The molecule has 0 bridgehead atoms. The summed E-state index contributed by atoms with van der Waals surface area (Å²) in [5, 5.41) is 12.0. The Bertz CT molecular complexity index is 590. The van der Waals surface area contributed by atoms with Crippen LogP contribution in [-0.2, 0) is 9.59 Å². The van der Waals surface area contributed by atoms with Crippen LogP contribution < -0.4 is 5.32 Å². The van der Waals surface area contributed by atoms with Gasteiger partial charge in [-0.3, -0.25) is 19.4 Å². The van der Waals surface area contributed by atoms with Gasteiger partial charge in [-0.25, -0.2) is 0 Å².